The molecule has 0 spiro atoms. The highest BCUT2D eigenvalue weighted by atomic mass is 32.1. The molecular weight excluding hydrogens is 212 g/mol. The van der Waals surface area contributed by atoms with Crippen LogP contribution in [0.1, 0.15) is 17.4 Å². The molecule has 4 nitrogen and oxygen atoms in total. The summed E-state index contributed by atoms with van der Waals surface area (Å²) in [5.74, 6) is 0. The van der Waals surface area contributed by atoms with Crippen LogP contribution in [0.5, 0.6) is 0 Å². The SMILES string of the molecule is CCOC(=O)N1CCc2cc(N)sc2C1. The number of nitrogens with two attached hydrogens (primary N) is 1. The second kappa shape index (κ2) is 4.10. The van der Waals surface area contributed by atoms with Crippen molar-refractivity contribution in [2.24, 2.45) is 0 Å². The zero-order valence-corrected chi connectivity index (χ0v) is 9.47. The lowest BCUT2D eigenvalue weighted by Crippen LogP contribution is -2.35. The van der Waals surface area contributed by atoms with Crippen LogP contribution in [0.4, 0.5) is 9.80 Å². The molecule has 1 aromatic heterocycles. The number of amides is 1. The first-order chi connectivity index (χ1) is 7.20. The molecule has 82 valence electrons. The molecule has 0 saturated heterocycles. The second-order valence-electron chi connectivity index (χ2n) is 3.47. The van der Waals surface area contributed by atoms with Gasteiger partial charge in [0.15, 0.2) is 0 Å². The fourth-order valence-electron chi connectivity index (χ4n) is 1.71. The molecule has 15 heavy (non-hydrogen) atoms. The normalized spacial score (nSPS) is 14.9. The van der Waals surface area contributed by atoms with Gasteiger partial charge in [-0.15, -0.1) is 11.3 Å². The van der Waals surface area contributed by atoms with Crippen LogP contribution >= 0.6 is 11.3 Å². The largest absolute Gasteiger partial charge is 0.450 e. The van der Waals surface area contributed by atoms with Gasteiger partial charge in [-0.1, -0.05) is 0 Å². The van der Waals surface area contributed by atoms with E-state index in [1.807, 2.05) is 13.0 Å². The smallest absolute Gasteiger partial charge is 0.410 e. The maximum absolute atomic E-state index is 11.5. The molecule has 5 heteroatoms. The van der Waals surface area contributed by atoms with E-state index in [1.54, 1.807) is 16.2 Å². The minimum absolute atomic E-state index is 0.227. The standard InChI is InChI=1S/C10H14N2O2S/c1-2-14-10(13)12-4-3-7-5-9(11)15-8(7)6-12/h5H,2-4,6,11H2,1H3. The van der Waals surface area contributed by atoms with Crippen LogP contribution < -0.4 is 5.73 Å². The molecule has 1 aliphatic rings. The number of hydrogen-bond acceptors (Lipinski definition) is 4. The molecular formula is C10H14N2O2S. The highest BCUT2D eigenvalue weighted by molar-refractivity contribution is 7.16. The van der Waals surface area contributed by atoms with Crippen LogP contribution in [-0.4, -0.2) is 24.1 Å². The molecule has 0 atom stereocenters. The van der Waals surface area contributed by atoms with Crippen molar-refractivity contribution >= 4 is 22.4 Å². The minimum atomic E-state index is -0.227. The van der Waals surface area contributed by atoms with Gasteiger partial charge in [-0.2, -0.15) is 0 Å². The minimum Gasteiger partial charge on any atom is -0.450 e. The van der Waals surface area contributed by atoms with E-state index in [2.05, 4.69) is 0 Å². The molecule has 0 fully saturated rings. The molecule has 0 radical (unpaired) electrons. The molecule has 2 N–H and O–H groups in total. The Morgan fingerprint density at radius 3 is 3.27 bits per heavy atom. The molecule has 0 bridgehead atoms. The van der Waals surface area contributed by atoms with E-state index in [-0.39, 0.29) is 6.09 Å². The van der Waals surface area contributed by atoms with Gasteiger partial charge >= 0.3 is 6.09 Å². The third kappa shape index (κ3) is 2.07. The Bertz CT molecular complexity index is 375. The van der Waals surface area contributed by atoms with Crippen LogP contribution in [0.3, 0.4) is 0 Å². The summed E-state index contributed by atoms with van der Waals surface area (Å²) in [5, 5.41) is 0.825. The predicted octanol–water partition coefficient (Wildman–Crippen LogP) is 1.84. The molecule has 1 amide bonds. The number of fused-ring (bicyclic) bond motifs is 1. The van der Waals surface area contributed by atoms with Crippen molar-refractivity contribution in [3.05, 3.63) is 16.5 Å². The van der Waals surface area contributed by atoms with Crippen molar-refractivity contribution < 1.29 is 9.53 Å². The maximum atomic E-state index is 11.5. The van der Waals surface area contributed by atoms with Crippen molar-refractivity contribution in [2.45, 2.75) is 19.9 Å². The lowest BCUT2D eigenvalue weighted by molar-refractivity contribution is 0.103. The van der Waals surface area contributed by atoms with Crippen molar-refractivity contribution in [2.75, 3.05) is 18.9 Å². The van der Waals surface area contributed by atoms with E-state index in [1.165, 1.54) is 10.4 Å². The monoisotopic (exact) mass is 226 g/mol. The second-order valence-corrected chi connectivity index (χ2v) is 4.64. The molecule has 0 aliphatic carbocycles. The van der Waals surface area contributed by atoms with E-state index < -0.39 is 0 Å². The summed E-state index contributed by atoms with van der Waals surface area (Å²) in [5.41, 5.74) is 7.00. The number of hydrogen-bond donors (Lipinski definition) is 1. The predicted molar refractivity (Wildman–Crippen MR) is 59.9 cm³/mol. The fraction of sp³-hybridized carbons (Fsp3) is 0.500. The number of thiophene rings is 1. The Balaban J connectivity index is 2.08. The van der Waals surface area contributed by atoms with E-state index in [0.717, 1.165) is 18.0 Å². The summed E-state index contributed by atoms with van der Waals surface area (Å²) in [4.78, 5) is 14.4. The number of carbonyl (C=O) groups is 1. The first-order valence-corrected chi connectivity index (χ1v) is 5.81. The molecule has 0 unspecified atom stereocenters. The number of rotatable bonds is 1. The van der Waals surface area contributed by atoms with Gasteiger partial charge in [0.2, 0.25) is 0 Å². The van der Waals surface area contributed by atoms with Crippen molar-refractivity contribution in [3.63, 3.8) is 0 Å². The van der Waals surface area contributed by atoms with E-state index >= 15 is 0 Å². The number of nitrogen functional groups attached to an aromatic ring is 1. The lowest BCUT2D eigenvalue weighted by Gasteiger charge is -2.25. The van der Waals surface area contributed by atoms with Crippen LogP contribution in [0.25, 0.3) is 0 Å². The summed E-state index contributed by atoms with van der Waals surface area (Å²) in [6.45, 7) is 3.60. The van der Waals surface area contributed by atoms with E-state index in [0.29, 0.717) is 13.2 Å². The molecule has 1 aromatic rings. The Kier molecular flexibility index (Phi) is 2.81. The third-order valence-corrected chi connectivity index (χ3v) is 3.42. The van der Waals surface area contributed by atoms with Crippen molar-refractivity contribution in [3.8, 4) is 0 Å². The van der Waals surface area contributed by atoms with Gasteiger partial charge < -0.3 is 15.4 Å². The van der Waals surface area contributed by atoms with Crippen LogP contribution in [-0.2, 0) is 17.7 Å². The van der Waals surface area contributed by atoms with Crippen molar-refractivity contribution in [1.29, 1.82) is 0 Å². The van der Waals surface area contributed by atoms with Gasteiger partial charge in [0, 0.05) is 11.4 Å². The maximum Gasteiger partial charge on any atom is 0.410 e. The highest BCUT2D eigenvalue weighted by Gasteiger charge is 2.23. The van der Waals surface area contributed by atoms with Gasteiger partial charge in [0.25, 0.3) is 0 Å². The topological polar surface area (TPSA) is 55.6 Å². The summed E-state index contributed by atoms with van der Waals surface area (Å²) in [6.07, 6.45) is 0.650. The Morgan fingerprint density at radius 1 is 1.73 bits per heavy atom. The third-order valence-electron chi connectivity index (χ3n) is 2.43. The molecule has 0 saturated carbocycles. The molecule has 0 aromatic carbocycles. The number of anilines is 1. The number of ether oxygens (including phenoxy) is 1. The zero-order chi connectivity index (χ0) is 10.8. The first-order valence-electron chi connectivity index (χ1n) is 4.99. The highest BCUT2D eigenvalue weighted by Crippen LogP contribution is 2.29. The van der Waals surface area contributed by atoms with E-state index in [4.69, 9.17) is 10.5 Å². The Labute approximate surface area is 92.6 Å². The summed E-state index contributed by atoms with van der Waals surface area (Å²) in [6, 6.07) is 2.00. The van der Waals surface area contributed by atoms with Gasteiger partial charge in [-0.05, 0) is 25.0 Å². The average molecular weight is 226 g/mol. The van der Waals surface area contributed by atoms with E-state index in [9.17, 15) is 4.79 Å². The van der Waals surface area contributed by atoms with Crippen LogP contribution in [0, 0.1) is 0 Å². The lowest BCUT2D eigenvalue weighted by atomic mass is 10.1. The first kappa shape index (κ1) is 10.3. The quantitative estimate of drug-likeness (QED) is 0.795. The number of carbonyl (C=O) groups excluding carboxylic acids is 1. The van der Waals surface area contributed by atoms with Gasteiger partial charge in [0.05, 0.1) is 18.2 Å². The number of nitrogens with zero attached hydrogens (tertiary/aromatic N) is 1. The Morgan fingerprint density at radius 2 is 2.53 bits per heavy atom. The Hall–Kier alpha value is -1.23. The van der Waals surface area contributed by atoms with Crippen molar-refractivity contribution in [1.82, 2.24) is 4.90 Å². The molecule has 2 heterocycles. The van der Waals surface area contributed by atoms with Gasteiger partial charge in [-0.3, -0.25) is 0 Å². The zero-order valence-electron chi connectivity index (χ0n) is 8.66. The molecule has 1 aliphatic heterocycles. The molecule has 2 rings (SSSR count). The van der Waals surface area contributed by atoms with Crippen LogP contribution in [0.15, 0.2) is 6.07 Å². The average Bonchev–Trinajstić information content (AvgIpc) is 2.57. The summed E-state index contributed by atoms with van der Waals surface area (Å²) >= 11 is 1.56. The summed E-state index contributed by atoms with van der Waals surface area (Å²) in [7, 11) is 0. The fourth-order valence-corrected chi connectivity index (χ4v) is 2.71. The summed E-state index contributed by atoms with van der Waals surface area (Å²) < 4.78 is 4.96. The van der Waals surface area contributed by atoms with Gasteiger partial charge in [-0.25, -0.2) is 4.79 Å². The van der Waals surface area contributed by atoms with Gasteiger partial charge in [0.1, 0.15) is 0 Å². The van der Waals surface area contributed by atoms with Crippen LogP contribution in [0.2, 0.25) is 0 Å².